The molecule has 2 aromatic carbocycles. The molecule has 2 aromatic rings. The van der Waals surface area contributed by atoms with Crippen molar-refractivity contribution in [2.24, 2.45) is 0 Å². The maximum Gasteiger partial charge on any atom is 0.418 e. The lowest BCUT2D eigenvalue weighted by molar-refractivity contribution is -0.137. The van der Waals surface area contributed by atoms with Gasteiger partial charge in [0.1, 0.15) is 0 Å². The summed E-state index contributed by atoms with van der Waals surface area (Å²) in [5.74, 6) is 0. The zero-order valence-electron chi connectivity index (χ0n) is 11.3. The maximum absolute atomic E-state index is 13.1. The van der Waals surface area contributed by atoms with Crippen molar-refractivity contribution in [1.82, 2.24) is 0 Å². The summed E-state index contributed by atoms with van der Waals surface area (Å²) in [5.41, 5.74) is 6.64. The second-order valence-electron chi connectivity index (χ2n) is 4.71. The second kappa shape index (κ2) is 5.97. The van der Waals surface area contributed by atoms with Crippen molar-refractivity contribution in [2.75, 3.05) is 17.7 Å². The van der Waals surface area contributed by atoms with Crippen molar-refractivity contribution in [2.45, 2.75) is 12.7 Å². The fourth-order valence-corrected chi connectivity index (χ4v) is 2.45. The Labute approximate surface area is 129 Å². The first-order chi connectivity index (χ1) is 9.79. The zero-order chi connectivity index (χ0) is 15.6. The van der Waals surface area contributed by atoms with E-state index in [0.717, 1.165) is 11.6 Å². The smallest absolute Gasteiger partial charge is 0.398 e. The van der Waals surface area contributed by atoms with Crippen LogP contribution in [0.3, 0.4) is 0 Å². The molecule has 2 N–H and O–H groups in total. The van der Waals surface area contributed by atoms with E-state index in [1.165, 1.54) is 6.07 Å². The van der Waals surface area contributed by atoms with E-state index in [1.54, 1.807) is 36.2 Å². The number of hydrogen-bond acceptors (Lipinski definition) is 2. The normalized spacial score (nSPS) is 11.5. The van der Waals surface area contributed by atoms with Crippen LogP contribution in [-0.2, 0) is 12.7 Å². The minimum atomic E-state index is -4.41. The minimum Gasteiger partial charge on any atom is -0.398 e. The van der Waals surface area contributed by atoms with Gasteiger partial charge in [-0.1, -0.05) is 34.1 Å². The van der Waals surface area contributed by atoms with E-state index >= 15 is 0 Å². The Hall–Kier alpha value is -1.69. The molecule has 0 bridgehead atoms. The van der Waals surface area contributed by atoms with Crippen LogP contribution in [0.2, 0.25) is 0 Å². The highest BCUT2D eigenvalue weighted by Crippen LogP contribution is 2.38. The van der Waals surface area contributed by atoms with Gasteiger partial charge in [0.25, 0.3) is 0 Å². The Morgan fingerprint density at radius 2 is 1.81 bits per heavy atom. The van der Waals surface area contributed by atoms with Gasteiger partial charge in [0.2, 0.25) is 0 Å². The van der Waals surface area contributed by atoms with Gasteiger partial charge in [-0.3, -0.25) is 0 Å². The molecule has 0 saturated heterocycles. The van der Waals surface area contributed by atoms with Crippen LogP contribution in [0.4, 0.5) is 24.5 Å². The predicted octanol–water partition coefficient (Wildman–Crippen LogP) is 4.69. The molecule has 0 aliphatic heterocycles. The van der Waals surface area contributed by atoms with Crippen molar-refractivity contribution in [3.8, 4) is 0 Å². The standard InChI is InChI=1S/C15H14BrF3N2/c1-21(9-10-4-2-3-5-13(10)20)14-7-6-11(16)8-12(14)15(17,18)19/h2-8H,9,20H2,1H3. The molecule has 0 fully saturated rings. The van der Waals surface area contributed by atoms with Gasteiger partial charge in [0, 0.05) is 29.4 Å². The Bertz CT molecular complexity index is 641. The van der Waals surface area contributed by atoms with E-state index < -0.39 is 11.7 Å². The number of benzene rings is 2. The highest BCUT2D eigenvalue weighted by atomic mass is 79.9. The zero-order valence-corrected chi connectivity index (χ0v) is 12.9. The third kappa shape index (κ3) is 3.69. The summed E-state index contributed by atoms with van der Waals surface area (Å²) in [5, 5.41) is 0. The number of nitrogen functional groups attached to an aromatic ring is 1. The number of anilines is 2. The Kier molecular flexibility index (Phi) is 4.46. The van der Waals surface area contributed by atoms with Crippen LogP contribution in [0.5, 0.6) is 0 Å². The summed E-state index contributed by atoms with van der Waals surface area (Å²) in [6.07, 6.45) is -4.41. The number of alkyl halides is 3. The van der Waals surface area contributed by atoms with Crippen LogP contribution in [0, 0.1) is 0 Å². The number of nitrogens with zero attached hydrogens (tertiary/aromatic N) is 1. The summed E-state index contributed by atoms with van der Waals surface area (Å²) in [6.45, 7) is 0.303. The maximum atomic E-state index is 13.1. The lowest BCUT2D eigenvalue weighted by atomic mass is 10.1. The van der Waals surface area contributed by atoms with E-state index in [4.69, 9.17) is 5.73 Å². The van der Waals surface area contributed by atoms with Gasteiger partial charge in [0.05, 0.1) is 5.56 Å². The molecule has 112 valence electrons. The number of halogens is 4. The number of para-hydroxylation sites is 1. The van der Waals surface area contributed by atoms with Gasteiger partial charge < -0.3 is 10.6 Å². The largest absolute Gasteiger partial charge is 0.418 e. The summed E-state index contributed by atoms with van der Waals surface area (Å²) in [6, 6.07) is 11.3. The van der Waals surface area contributed by atoms with Gasteiger partial charge >= 0.3 is 6.18 Å². The van der Waals surface area contributed by atoms with Crippen molar-refractivity contribution in [1.29, 1.82) is 0 Å². The van der Waals surface area contributed by atoms with E-state index in [0.29, 0.717) is 16.7 Å². The van der Waals surface area contributed by atoms with E-state index in [1.807, 2.05) is 6.07 Å². The first-order valence-electron chi connectivity index (χ1n) is 6.20. The van der Waals surface area contributed by atoms with Crippen LogP contribution < -0.4 is 10.6 Å². The fourth-order valence-electron chi connectivity index (χ4n) is 2.09. The molecule has 0 aliphatic rings. The van der Waals surface area contributed by atoms with Crippen LogP contribution in [0.1, 0.15) is 11.1 Å². The van der Waals surface area contributed by atoms with Gasteiger partial charge in [-0.2, -0.15) is 13.2 Å². The molecule has 6 heteroatoms. The summed E-state index contributed by atoms with van der Waals surface area (Å²) >= 11 is 3.08. The van der Waals surface area contributed by atoms with Crippen molar-refractivity contribution < 1.29 is 13.2 Å². The van der Waals surface area contributed by atoms with Crippen LogP contribution in [0.25, 0.3) is 0 Å². The average molecular weight is 359 g/mol. The van der Waals surface area contributed by atoms with Crippen LogP contribution in [0.15, 0.2) is 46.9 Å². The van der Waals surface area contributed by atoms with Gasteiger partial charge in [0.15, 0.2) is 0 Å². The first kappa shape index (κ1) is 15.7. The monoisotopic (exact) mass is 358 g/mol. The molecule has 0 aliphatic carbocycles. The molecule has 0 amide bonds. The molecule has 2 nitrogen and oxygen atoms in total. The minimum absolute atomic E-state index is 0.119. The fraction of sp³-hybridized carbons (Fsp3) is 0.200. The highest BCUT2D eigenvalue weighted by molar-refractivity contribution is 9.10. The molecule has 0 aromatic heterocycles. The first-order valence-corrected chi connectivity index (χ1v) is 6.99. The molecule has 0 heterocycles. The topological polar surface area (TPSA) is 29.3 Å². The second-order valence-corrected chi connectivity index (χ2v) is 5.63. The molecule has 2 rings (SSSR count). The Morgan fingerprint density at radius 1 is 1.14 bits per heavy atom. The Balaban J connectivity index is 2.36. The summed E-state index contributed by atoms with van der Waals surface area (Å²) in [7, 11) is 1.62. The quantitative estimate of drug-likeness (QED) is 0.806. The molecular formula is C15H14BrF3N2. The molecule has 21 heavy (non-hydrogen) atoms. The lowest BCUT2D eigenvalue weighted by Crippen LogP contribution is -2.21. The predicted molar refractivity (Wildman–Crippen MR) is 82.1 cm³/mol. The lowest BCUT2D eigenvalue weighted by Gasteiger charge is -2.24. The van der Waals surface area contributed by atoms with Crippen molar-refractivity contribution in [3.63, 3.8) is 0 Å². The van der Waals surface area contributed by atoms with Gasteiger partial charge in [-0.05, 0) is 29.8 Å². The molecule has 0 saturated carbocycles. The number of rotatable bonds is 3. The van der Waals surface area contributed by atoms with Crippen molar-refractivity contribution >= 4 is 27.3 Å². The average Bonchev–Trinajstić information content (AvgIpc) is 2.40. The van der Waals surface area contributed by atoms with E-state index in [2.05, 4.69) is 15.9 Å². The van der Waals surface area contributed by atoms with E-state index in [9.17, 15) is 13.2 Å². The molecular weight excluding hydrogens is 345 g/mol. The number of nitrogens with two attached hydrogens (primary N) is 1. The number of hydrogen-bond donors (Lipinski definition) is 1. The third-order valence-electron chi connectivity index (χ3n) is 3.14. The highest BCUT2D eigenvalue weighted by Gasteiger charge is 2.34. The molecule has 0 atom stereocenters. The Morgan fingerprint density at radius 3 is 2.43 bits per heavy atom. The summed E-state index contributed by atoms with van der Waals surface area (Å²) in [4.78, 5) is 1.54. The summed E-state index contributed by atoms with van der Waals surface area (Å²) < 4.78 is 39.8. The van der Waals surface area contributed by atoms with E-state index in [-0.39, 0.29) is 5.69 Å². The molecule has 0 unspecified atom stereocenters. The molecule has 0 spiro atoms. The SMILES string of the molecule is CN(Cc1ccccc1N)c1ccc(Br)cc1C(F)(F)F. The van der Waals surface area contributed by atoms with Crippen LogP contribution >= 0.6 is 15.9 Å². The van der Waals surface area contributed by atoms with Crippen LogP contribution in [-0.4, -0.2) is 7.05 Å². The van der Waals surface area contributed by atoms with Gasteiger partial charge in [-0.15, -0.1) is 0 Å². The van der Waals surface area contributed by atoms with Gasteiger partial charge in [-0.25, -0.2) is 0 Å². The third-order valence-corrected chi connectivity index (χ3v) is 3.63. The molecule has 0 radical (unpaired) electrons. The van der Waals surface area contributed by atoms with Crippen molar-refractivity contribution in [3.05, 3.63) is 58.1 Å².